The zero-order chi connectivity index (χ0) is 14.0. The van der Waals surface area contributed by atoms with E-state index in [4.69, 9.17) is 11.6 Å². The lowest BCUT2D eigenvalue weighted by Gasteiger charge is -2.05. The Morgan fingerprint density at radius 3 is 2.26 bits per heavy atom. The van der Waals surface area contributed by atoms with Crippen LogP contribution in [0.4, 0.5) is 13.2 Å². The molecule has 0 aliphatic heterocycles. The summed E-state index contributed by atoms with van der Waals surface area (Å²) < 4.78 is 36.9. The maximum atomic E-state index is 12.3. The van der Waals surface area contributed by atoms with Gasteiger partial charge in [0.1, 0.15) is 11.4 Å². The van der Waals surface area contributed by atoms with Crippen LogP contribution in [0, 0.1) is 0 Å². The van der Waals surface area contributed by atoms with Gasteiger partial charge in [0, 0.05) is 18.0 Å². The first kappa shape index (κ1) is 13.5. The Balaban J connectivity index is 2.27. The molecule has 0 aromatic carbocycles. The SMILES string of the molecule is O=C(c1ccc(C(F)(F)F)nc1)c1ccc(Cl)cn1. The van der Waals surface area contributed by atoms with E-state index in [9.17, 15) is 18.0 Å². The highest BCUT2D eigenvalue weighted by atomic mass is 35.5. The molecule has 7 heteroatoms. The third-order valence-corrected chi connectivity index (χ3v) is 2.50. The Morgan fingerprint density at radius 1 is 1.05 bits per heavy atom. The molecule has 2 aromatic rings. The van der Waals surface area contributed by atoms with Crippen LogP contribution in [0.5, 0.6) is 0 Å². The molecule has 2 heterocycles. The highest BCUT2D eigenvalue weighted by molar-refractivity contribution is 6.30. The van der Waals surface area contributed by atoms with Crippen molar-refractivity contribution in [1.29, 1.82) is 0 Å². The van der Waals surface area contributed by atoms with E-state index in [-0.39, 0.29) is 11.3 Å². The summed E-state index contributed by atoms with van der Waals surface area (Å²) in [7, 11) is 0. The van der Waals surface area contributed by atoms with Gasteiger partial charge in [-0.05, 0) is 24.3 Å². The topological polar surface area (TPSA) is 42.9 Å². The van der Waals surface area contributed by atoms with Gasteiger partial charge >= 0.3 is 6.18 Å². The Hall–Kier alpha value is -1.95. The number of carbonyl (C=O) groups excluding carboxylic acids is 1. The summed E-state index contributed by atoms with van der Waals surface area (Å²) >= 11 is 5.62. The van der Waals surface area contributed by atoms with Crippen LogP contribution < -0.4 is 0 Å². The number of ketones is 1. The lowest BCUT2D eigenvalue weighted by Crippen LogP contribution is -2.10. The van der Waals surface area contributed by atoms with Crippen molar-refractivity contribution >= 4 is 17.4 Å². The van der Waals surface area contributed by atoms with Crippen molar-refractivity contribution in [2.24, 2.45) is 0 Å². The predicted molar refractivity (Wildman–Crippen MR) is 61.9 cm³/mol. The molecule has 0 unspecified atom stereocenters. The molecule has 0 amide bonds. The van der Waals surface area contributed by atoms with Gasteiger partial charge in [0.15, 0.2) is 0 Å². The number of halogens is 4. The molecule has 0 radical (unpaired) electrons. The number of pyridine rings is 2. The van der Waals surface area contributed by atoms with Crippen LogP contribution in [0.1, 0.15) is 21.7 Å². The third kappa shape index (κ3) is 3.08. The summed E-state index contributed by atoms with van der Waals surface area (Å²) in [5, 5.41) is 0.363. The monoisotopic (exact) mass is 286 g/mol. The van der Waals surface area contributed by atoms with Crippen LogP contribution in [0.2, 0.25) is 5.02 Å². The van der Waals surface area contributed by atoms with Gasteiger partial charge in [0.2, 0.25) is 5.78 Å². The summed E-state index contributed by atoms with van der Waals surface area (Å²) in [6.45, 7) is 0. The fourth-order valence-corrected chi connectivity index (χ4v) is 1.47. The Kier molecular flexibility index (Phi) is 3.53. The smallest absolute Gasteiger partial charge is 0.287 e. The van der Waals surface area contributed by atoms with Crippen LogP contribution in [0.25, 0.3) is 0 Å². The Bertz CT molecular complexity index is 594. The summed E-state index contributed by atoms with van der Waals surface area (Å²) in [4.78, 5) is 18.9. The van der Waals surface area contributed by atoms with E-state index in [1.54, 1.807) is 0 Å². The fourth-order valence-electron chi connectivity index (χ4n) is 1.35. The van der Waals surface area contributed by atoms with Crippen molar-refractivity contribution in [3.63, 3.8) is 0 Å². The molecule has 3 nitrogen and oxygen atoms in total. The minimum absolute atomic E-state index is 0.0304. The molecule has 0 bridgehead atoms. The van der Waals surface area contributed by atoms with Gasteiger partial charge in [0.05, 0.1) is 5.02 Å². The first-order chi connectivity index (χ1) is 8.88. The van der Waals surface area contributed by atoms with Crippen molar-refractivity contribution in [2.45, 2.75) is 6.18 Å². The Labute approximate surface area is 111 Å². The minimum atomic E-state index is -4.53. The molecule has 0 aliphatic carbocycles. The molecule has 98 valence electrons. The number of aromatic nitrogens is 2. The molecule has 2 aromatic heterocycles. The number of rotatable bonds is 2. The maximum absolute atomic E-state index is 12.3. The molecule has 2 rings (SSSR count). The van der Waals surface area contributed by atoms with Gasteiger partial charge < -0.3 is 0 Å². The average Bonchev–Trinajstić information content (AvgIpc) is 2.38. The van der Waals surface area contributed by atoms with Crippen LogP contribution >= 0.6 is 11.6 Å². The standard InChI is InChI=1S/C12H6ClF3N2O/c13-8-2-3-9(17-6-8)11(19)7-1-4-10(18-5-7)12(14,15)16/h1-6H. The van der Waals surface area contributed by atoms with Crippen molar-refractivity contribution in [1.82, 2.24) is 9.97 Å². The van der Waals surface area contributed by atoms with Crippen molar-refractivity contribution in [3.8, 4) is 0 Å². The van der Waals surface area contributed by atoms with Crippen molar-refractivity contribution in [3.05, 3.63) is 58.6 Å². The molecular weight excluding hydrogens is 281 g/mol. The van der Waals surface area contributed by atoms with Gasteiger partial charge in [-0.3, -0.25) is 14.8 Å². The van der Waals surface area contributed by atoms with E-state index in [2.05, 4.69) is 9.97 Å². The number of nitrogens with zero attached hydrogens (tertiary/aromatic N) is 2. The fraction of sp³-hybridized carbons (Fsp3) is 0.0833. The van der Waals surface area contributed by atoms with Gasteiger partial charge in [-0.2, -0.15) is 13.2 Å². The van der Waals surface area contributed by atoms with E-state index < -0.39 is 17.7 Å². The largest absolute Gasteiger partial charge is 0.433 e. The molecular formula is C12H6ClF3N2O. The molecule has 0 saturated carbocycles. The molecule has 0 atom stereocenters. The van der Waals surface area contributed by atoms with Crippen molar-refractivity contribution in [2.75, 3.05) is 0 Å². The number of hydrogen-bond acceptors (Lipinski definition) is 3. The van der Waals surface area contributed by atoms with Gasteiger partial charge in [-0.15, -0.1) is 0 Å². The summed E-state index contributed by atoms with van der Waals surface area (Å²) in [6, 6.07) is 4.68. The molecule has 0 aliphatic rings. The molecule has 19 heavy (non-hydrogen) atoms. The van der Waals surface area contributed by atoms with E-state index in [0.717, 1.165) is 18.3 Å². The molecule has 0 N–H and O–H groups in total. The maximum Gasteiger partial charge on any atom is 0.433 e. The van der Waals surface area contributed by atoms with Crippen LogP contribution in [-0.4, -0.2) is 15.8 Å². The lowest BCUT2D eigenvalue weighted by molar-refractivity contribution is -0.141. The van der Waals surface area contributed by atoms with Crippen LogP contribution in [0.15, 0.2) is 36.7 Å². The number of alkyl halides is 3. The highest BCUT2D eigenvalue weighted by Gasteiger charge is 2.32. The highest BCUT2D eigenvalue weighted by Crippen LogP contribution is 2.27. The molecule has 0 spiro atoms. The first-order valence-electron chi connectivity index (χ1n) is 5.07. The van der Waals surface area contributed by atoms with Crippen LogP contribution in [-0.2, 0) is 6.18 Å². The predicted octanol–water partition coefficient (Wildman–Crippen LogP) is 3.38. The second-order valence-electron chi connectivity index (χ2n) is 3.62. The normalized spacial score (nSPS) is 11.4. The summed E-state index contributed by atoms with van der Waals surface area (Å²) in [5.41, 5.74) is -0.929. The van der Waals surface area contributed by atoms with Gasteiger partial charge in [0.25, 0.3) is 0 Å². The average molecular weight is 287 g/mol. The molecule has 0 fully saturated rings. The van der Waals surface area contributed by atoms with E-state index in [0.29, 0.717) is 5.02 Å². The summed E-state index contributed by atoms with van der Waals surface area (Å²) in [5.74, 6) is -0.516. The van der Waals surface area contributed by atoms with E-state index in [1.807, 2.05) is 0 Å². The Morgan fingerprint density at radius 2 is 1.79 bits per heavy atom. The quantitative estimate of drug-likeness (QED) is 0.795. The van der Waals surface area contributed by atoms with Gasteiger partial charge in [-0.25, -0.2) is 0 Å². The second-order valence-corrected chi connectivity index (χ2v) is 4.06. The van der Waals surface area contributed by atoms with Crippen LogP contribution in [0.3, 0.4) is 0 Å². The zero-order valence-corrected chi connectivity index (χ0v) is 10.0. The van der Waals surface area contributed by atoms with E-state index >= 15 is 0 Å². The zero-order valence-electron chi connectivity index (χ0n) is 9.28. The molecule has 0 saturated heterocycles. The summed E-state index contributed by atoms with van der Waals surface area (Å²) in [6.07, 6.45) is -2.37. The van der Waals surface area contributed by atoms with E-state index in [1.165, 1.54) is 18.3 Å². The number of carbonyl (C=O) groups is 1. The first-order valence-corrected chi connectivity index (χ1v) is 5.45. The second kappa shape index (κ2) is 4.97. The van der Waals surface area contributed by atoms with Gasteiger partial charge in [-0.1, -0.05) is 11.6 Å². The third-order valence-electron chi connectivity index (χ3n) is 2.28. The minimum Gasteiger partial charge on any atom is -0.287 e. The lowest BCUT2D eigenvalue weighted by atomic mass is 10.1. The number of hydrogen-bond donors (Lipinski definition) is 0. The van der Waals surface area contributed by atoms with Crippen molar-refractivity contribution < 1.29 is 18.0 Å².